The summed E-state index contributed by atoms with van der Waals surface area (Å²) < 4.78 is 0. The molecule has 1 aliphatic rings. The number of aromatic nitrogens is 6. The molecule has 1 saturated carbocycles. The van der Waals surface area contributed by atoms with Gasteiger partial charge < -0.3 is 15.6 Å². The number of anilines is 2. The zero-order chi connectivity index (χ0) is 18.4. The van der Waals surface area contributed by atoms with E-state index in [1.54, 1.807) is 6.20 Å². The van der Waals surface area contributed by atoms with Crippen molar-refractivity contribution in [3.63, 3.8) is 0 Å². The van der Waals surface area contributed by atoms with E-state index >= 15 is 0 Å². The summed E-state index contributed by atoms with van der Waals surface area (Å²) in [5.74, 6) is 1.60. The van der Waals surface area contributed by atoms with Crippen molar-refractivity contribution in [1.29, 1.82) is 0 Å². The van der Waals surface area contributed by atoms with Gasteiger partial charge in [-0.2, -0.15) is 10.1 Å². The van der Waals surface area contributed by atoms with Crippen LogP contribution in [0.1, 0.15) is 30.1 Å². The molecule has 0 aromatic carbocycles. The van der Waals surface area contributed by atoms with Gasteiger partial charge in [-0.15, -0.1) is 0 Å². The van der Waals surface area contributed by atoms with Crippen molar-refractivity contribution in [3.05, 3.63) is 48.0 Å². The predicted octanol–water partition coefficient (Wildman–Crippen LogP) is 2.84. The summed E-state index contributed by atoms with van der Waals surface area (Å²) in [5, 5.41) is 7.46. The molecule has 5 rings (SSSR count). The van der Waals surface area contributed by atoms with Crippen LogP contribution in [0.3, 0.4) is 0 Å². The smallest absolute Gasteiger partial charge is 0.227 e. The van der Waals surface area contributed by atoms with Crippen molar-refractivity contribution < 1.29 is 0 Å². The Morgan fingerprint density at radius 3 is 2.93 bits per heavy atom. The number of fused-ring (bicyclic) bond motifs is 1. The molecule has 1 fully saturated rings. The summed E-state index contributed by atoms with van der Waals surface area (Å²) in [4.78, 5) is 18.7. The zero-order valence-corrected chi connectivity index (χ0v) is 15.0. The monoisotopic (exact) mass is 360 g/mol. The first-order chi connectivity index (χ1) is 13.2. The Morgan fingerprint density at radius 2 is 2.11 bits per heavy atom. The first-order valence-electron chi connectivity index (χ1n) is 9.00. The predicted molar refractivity (Wildman–Crippen MR) is 104 cm³/mol. The van der Waals surface area contributed by atoms with Gasteiger partial charge in [0.15, 0.2) is 0 Å². The number of nitrogens with two attached hydrogens (primary N) is 1. The molecule has 4 aromatic heterocycles. The standard InChI is InChI=1S/C19H20N8/c1-27(10-12-4-5-14-15(23-12)6-7-21-14)19-22-9-13(18(20)24-19)17-8-16(25-26-17)11-2-3-11/h4-9,11,21H,2-3,10H2,1H3,(H,25,26)(H2,20,22,24). The highest BCUT2D eigenvalue weighted by Crippen LogP contribution is 2.40. The lowest BCUT2D eigenvalue weighted by atomic mass is 10.2. The average Bonchev–Trinajstić information content (AvgIpc) is 3.22. The second-order valence-corrected chi connectivity index (χ2v) is 7.02. The Kier molecular flexibility index (Phi) is 3.56. The molecule has 4 heterocycles. The van der Waals surface area contributed by atoms with E-state index in [9.17, 15) is 0 Å². The van der Waals surface area contributed by atoms with Crippen LogP contribution in [0.15, 0.2) is 36.7 Å². The fraction of sp³-hybridized carbons (Fsp3) is 0.263. The molecule has 0 radical (unpaired) electrons. The summed E-state index contributed by atoms with van der Waals surface area (Å²) in [5.41, 5.74) is 11.8. The van der Waals surface area contributed by atoms with E-state index in [1.807, 2.05) is 42.4 Å². The van der Waals surface area contributed by atoms with Crippen LogP contribution in [-0.4, -0.2) is 37.2 Å². The molecule has 4 N–H and O–H groups in total. The lowest BCUT2D eigenvalue weighted by Gasteiger charge is -2.17. The Balaban J connectivity index is 1.36. The van der Waals surface area contributed by atoms with Gasteiger partial charge in [0.05, 0.1) is 34.5 Å². The van der Waals surface area contributed by atoms with E-state index in [4.69, 9.17) is 5.73 Å². The maximum absolute atomic E-state index is 6.19. The highest BCUT2D eigenvalue weighted by Gasteiger charge is 2.26. The molecule has 0 bridgehead atoms. The molecule has 0 amide bonds. The zero-order valence-electron chi connectivity index (χ0n) is 15.0. The summed E-state index contributed by atoms with van der Waals surface area (Å²) >= 11 is 0. The maximum atomic E-state index is 6.19. The number of pyridine rings is 1. The minimum absolute atomic E-state index is 0.426. The third kappa shape index (κ3) is 2.99. The van der Waals surface area contributed by atoms with Gasteiger partial charge in [-0.3, -0.25) is 5.10 Å². The number of nitrogens with one attached hydrogen (secondary N) is 2. The molecule has 0 unspecified atom stereocenters. The number of rotatable bonds is 5. The number of nitrogen functional groups attached to an aromatic ring is 1. The molecule has 8 nitrogen and oxygen atoms in total. The largest absolute Gasteiger partial charge is 0.383 e. The van der Waals surface area contributed by atoms with Crippen LogP contribution < -0.4 is 10.6 Å². The van der Waals surface area contributed by atoms with Gasteiger partial charge in [-0.05, 0) is 37.1 Å². The van der Waals surface area contributed by atoms with Crippen molar-refractivity contribution in [2.45, 2.75) is 25.3 Å². The van der Waals surface area contributed by atoms with Crippen LogP contribution in [0.4, 0.5) is 11.8 Å². The van der Waals surface area contributed by atoms with Crippen molar-refractivity contribution in [2.75, 3.05) is 17.7 Å². The van der Waals surface area contributed by atoms with Gasteiger partial charge in [0.25, 0.3) is 0 Å². The number of hydrogen-bond donors (Lipinski definition) is 3. The summed E-state index contributed by atoms with van der Waals surface area (Å²) in [7, 11) is 1.93. The fourth-order valence-electron chi connectivity index (χ4n) is 3.22. The fourth-order valence-corrected chi connectivity index (χ4v) is 3.22. The van der Waals surface area contributed by atoms with E-state index in [0.29, 0.717) is 24.2 Å². The third-order valence-corrected chi connectivity index (χ3v) is 4.90. The van der Waals surface area contributed by atoms with Crippen LogP contribution >= 0.6 is 0 Å². The number of nitrogens with zero attached hydrogens (tertiary/aromatic N) is 5. The molecular weight excluding hydrogens is 340 g/mol. The topological polar surface area (TPSA) is 112 Å². The second-order valence-electron chi connectivity index (χ2n) is 7.02. The Labute approximate surface area is 155 Å². The first kappa shape index (κ1) is 15.8. The normalized spacial score (nSPS) is 14.0. The molecule has 4 aromatic rings. The van der Waals surface area contributed by atoms with E-state index in [0.717, 1.165) is 33.7 Å². The molecule has 8 heteroatoms. The third-order valence-electron chi connectivity index (χ3n) is 4.90. The quantitative estimate of drug-likeness (QED) is 0.504. The molecule has 0 spiro atoms. The van der Waals surface area contributed by atoms with E-state index in [2.05, 4.69) is 30.1 Å². The maximum Gasteiger partial charge on any atom is 0.227 e. The molecule has 0 atom stereocenters. The van der Waals surface area contributed by atoms with Gasteiger partial charge in [0, 0.05) is 31.1 Å². The first-order valence-corrected chi connectivity index (χ1v) is 9.00. The molecule has 0 saturated heterocycles. The minimum Gasteiger partial charge on any atom is -0.383 e. The Hall–Kier alpha value is -3.42. The van der Waals surface area contributed by atoms with E-state index in [-0.39, 0.29) is 0 Å². The number of aromatic amines is 2. The van der Waals surface area contributed by atoms with Crippen LogP contribution in [0.25, 0.3) is 22.3 Å². The van der Waals surface area contributed by atoms with Crippen LogP contribution in [0.2, 0.25) is 0 Å². The van der Waals surface area contributed by atoms with Gasteiger partial charge in [-0.1, -0.05) is 0 Å². The minimum atomic E-state index is 0.426. The number of hydrogen-bond acceptors (Lipinski definition) is 6. The molecular formula is C19H20N8. The highest BCUT2D eigenvalue weighted by atomic mass is 15.2. The van der Waals surface area contributed by atoms with Gasteiger partial charge in [0.2, 0.25) is 5.95 Å². The Morgan fingerprint density at radius 1 is 1.22 bits per heavy atom. The molecule has 27 heavy (non-hydrogen) atoms. The van der Waals surface area contributed by atoms with Crippen molar-refractivity contribution >= 4 is 22.8 Å². The van der Waals surface area contributed by atoms with Crippen molar-refractivity contribution in [2.24, 2.45) is 0 Å². The molecule has 1 aliphatic carbocycles. The van der Waals surface area contributed by atoms with Gasteiger partial charge in [-0.25, -0.2) is 9.97 Å². The second kappa shape index (κ2) is 6.08. The highest BCUT2D eigenvalue weighted by molar-refractivity contribution is 5.75. The Bertz CT molecular complexity index is 1110. The summed E-state index contributed by atoms with van der Waals surface area (Å²) in [6.07, 6.45) is 6.07. The van der Waals surface area contributed by atoms with Crippen molar-refractivity contribution in [3.8, 4) is 11.3 Å². The lowest BCUT2D eigenvalue weighted by molar-refractivity contribution is 0.847. The molecule has 136 valence electrons. The summed E-state index contributed by atoms with van der Waals surface area (Å²) in [6.45, 7) is 0.591. The van der Waals surface area contributed by atoms with Crippen LogP contribution in [0, 0.1) is 0 Å². The molecule has 0 aliphatic heterocycles. The average molecular weight is 360 g/mol. The van der Waals surface area contributed by atoms with E-state index < -0.39 is 0 Å². The van der Waals surface area contributed by atoms with Crippen LogP contribution in [0.5, 0.6) is 0 Å². The van der Waals surface area contributed by atoms with Gasteiger partial charge in [0.1, 0.15) is 5.82 Å². The van der Waals surface area contributed by atoms with Gasteiger partial charge >= 0.3 is 0 Å². The lowest BCUT2D eigenvalue weighted by Crippen LogP contribution is -2.20. The van der Waals surface area contributed by atoms with Crippen molar-refractivity contribution in [1.82, 2.24) is 30.1 Å². The van der Waals surface area contributed by atoms with E-state index in [1.165, 1.54) is 12.8 Å². The number of H-pyrrole nitrogens is 2. The SMILES string of the molecule is CN(Cc1ccc2[nH]ccc2n1)c1ncc(-c2cc(C3CC3)[nH]n2)c(N)n1. The summed E-state index contributed by atoms with van der Waals surface area (Å²) in [6, 6.07) is 8.03. The van der Waals surface area contributed by atoms with Crippen LogP contribution in [-0.2, 0) is 6.54 Å².